The predicted molar refractivity (Wildman–Crippen MR) is 87.7 cm³/mol. The van der Waals surface area contributed by atoms with Gasteiger partial charge in [-0.05, 0) is 18.9 Å². The smallest absolute Gasteiger partial charge is 0.290 e. The van der Waals surface area contributed by atoms with Gasteiger partial charge in [-0.1, -0.05) is 31.5 Å². The molecule has 0 unspecified atom stereocenters. The van der Waals surface area contributed by atoms with Crippen molar-refractivity contribution in [2.75, 3.05) is 5.73 Å². The molecule has 0 atom stereocenters. The Labute approximate surface area is 128 Å². The Hall–Kier alpha value is -2.63. The molecule has 6 nitrogen and oxygen atoms in total. The summed E-state index contributed by atoms with van der Waals surface area (Å²) in [5.74, 6) is 0.520. The summed E-state index contributed by atoms with van der Waals surface area (Å²) in [5, 5.41) is 13.7. The number of aryl methyl sites for hydroxylation is 2. The Morgan fingerprint density at radius 3 is 2.73 bits per heavy atom. The van der Waals surface area contributed by atoms with E-state index in [0.717, 1.165) is 29.3 Å². The van der Waals surface area contributed by atoms with Crippen molar-refractivity contribution in [3.8, 4) is 0 Å². The first-order valence-electron chi connectivity index (χ1n) is 7.21. The molecular weight excluding hydrogens is 280 g/mol. The standard InChI is InChI=1S/C15H18N4.CH2O2/c1-3-4-9-12-13-10-7-5-6-8-11(10)17-15(16)14(13)18-19(12)2;2-1-3/h5-8H,3-4,9H2,1-2H3,(H2,16,17);1H,(H,2,3). The number of fused-ring (bicyclic) bond motifs is 3. The zero-order valence-corrected chi connectivity index (χ0v) is 12.8. The summed E-state index contributed by atoms with van der Waals surface area (Å²) >= 11 is 0. The van der Waals surface area contributed by atoms with Crippen LogP contribution in [0.1, 0.15) is 25.5 Å². The minimum atomic E-state index is -0.250. The Morgan fingerprint density at radius 2 is 2.05 bits per heavy atom. The molecule has 0 amide bonds. The van der Waals surface area contributed by atoms with Crippen LogP contribution in [0.15, 0.2) is 24.3 Å². The molecule has 6 heteroatoms. The van der Waals surface area contributed by atoms with Crippen LogP contribution in [-0.4, -0.2) is 26.3 Å². The van der Waals surface area contributed by atoms with Crippen LogP contribution in [0.2, 0.25) is 0 Å². The number of carboxylic acid groups (broad SMARTS) is 1. The Kier molecular flexibility index (Phi) is 4.93. The molecule has 1 aromatic carbocycles. The van der Waals surface area contributed by atoms with Crippen LogP contribution in [0, 0.1) is 0 Å². The van der Waals surface area contributed by atoms with E-state index < -0.39 is 0 Å². The lowest BCUT2D eigenvalue weighted by molar-refractivity contribution is -0.122. The third kappa shape index (κ3) is 2.86. The fraction of sp³-hybridized carbons (Fsp3) is 0.312. The van der Waals surface area contributed by atoms with Crippen LogP contribution in [-0.2, 0) is 18.3 Å². The topological polar surface area (TPSA) is 94.0 Å². The minimum absolute atomic E-state index is 0.250. The Bertz CT molecular complexity index is 796. The molecule has 0 fully saturated rings. The van der Waals surface area contributed by atoms with Gasteiger partial charge in [0.15, 0.2) is 5.82 Å². The number of hydrogen-bond acceptors (Lipinski definition) is 4. The summed E-state index contributed by atoms with van der Waals surface area (Å²) in [7, 11) is 1.99. The van der Waals surface area contributed by atoms with Crippen molar-refractivity contribution >= 4 is 34.1 Å². The highest BCUT2D eigenvalue weighted by atomic mass is 16.3. The number of anilines is 1. The van der Waals surface area contributed by atoms with Crippen molar-refractivity contribution in [2.24, 2.45) is 7.05 Å². The van der Waals surface area contributed by atoms with Crippen molar-refractivity contribution in [3.63, 3.8) is 0 Å². The van der Waals surface area contributed by atoms with Gasteiger partial charge in [0.05, 0.1) is 5.52 Å². The van der Waals surface area contributed by atoms with Crippen molar-refractivity contribution in [2.45, 2.75) is 26.2 Å². The molecule has 2 heterocycles. The van der Waals surface area contributed by atoms with E-state index in [4.69, 9.17) is 15.6 Å². The van der Waals surface area contributed by atoms with E-state index in [1.807, 2.05) is 29.9 Å². The first kappa shape index (κ1) is 15.8. The number of hydrogen-bond donors (Lipinski definition) is 2. The summed E-state index contributed by atoms with van der Waals surface area (Å²) in [6.07, 6.45) is 3.35. The second kappa shape index (κ2) is 6.89. The van der Waals surface area contributed by atoms with Crippen molar-refractivity contribution in [1.82, 2.24) is 14.8 Å². The highest BCUT2D eigenvalue weighted by Gasteiger charge is 2.15. The SMILES string of the molecule is CCCCc1c2c(nn1C)c(N)nc1ccccc12.O=CO. The predicted octanol–water partition coefficient (Wildman–Crippen LogP) is 2.75. The molecule has 3 aromatic rings. The molecule has 0 spiro atoms. The van der Waals surface area contributed by atoms with Crippen LogP contribution < -0.4 is 5.73 Å². The maximum atomic E-state index is 8.36. The molecule has 22 heavy (non-hydrogen) atoms. The van der Waals surface area contributed by atoms with Crippen molar-refractivity contribution in [3.05, 3.63) is 30.0 Å². The van der Waals surface area contributed by atoms with E-state index in [1.54, 1.807) is 0 Å². The van der Waals surface area contributed by atoms with Gasteiger partial charge < -0.3 is 10.8 Å². The Morgan fingerprint density at radius 1 is 1.36 bits per heavy atom. The van der Waals surface area contributed by atoms with Gasteiger partial charge in [-0.15, -0.1) is 0 Å². The van der Waals surface area contributed by atoms with Crippen molar-refractivity contribution in [1.29, 1.82) is 0 Å². The van der Waals surface area contributed by atoms with E-state index in [1.165, 1.54) is 17.5 Å². The zero-order chi connectivity index (χ0) is 16.1. The fourth-order valence-electron chi connectivity index (χ4n) is 2.62. The molecule has 0 bridgehead atoms. The lowest BCUT2D eigenvalue weighted by Crippen LogP contribution is -1.98. The summed E-state index contributed by atoms with van der Waals surface area (Å²) in [6, 6.07) is 8.13. The number of nitrogens with zero attached hydrogens (tertiary/aromatic N) is 3. The van der Waals surface area contributed by atoms with Gasteiger partial charge in [-0.3, -0.25) is 9.48 Å². The molecule has 3 rings (SSSR count). The van der Waals surface area contributed by atoms with Gasteiger partial charge >= 0.3 is 0 Å². The fourth-order valence-corrected chi connectivity index (χ4v) is 2.62. The number of pyridine rings is 1. The Balaban J connectivity index is 0.000000545. The van der Waals surface area contributed by atoms with E-state index >= 15 is 0 Å². The number of rotatable bonds is 3. The maximum Gasteiger partial charge on any atom is 0.290 e. The molecule has 0 radical (unpaired) electrons. The number of unbranched alkanes of at least 4 members (excludes halogenated alkanes) is 1. The summed E-state index contributed by atoms with van der Waals surface area (Å²) in [5.41, 5.74) is 9.07. The quantitative estimate of drug-likeness (QED) is 0.725. The summed E-state index contributed by atoms with van der Waals surface area (Å²) in [6.45, 7) is 1.95. The number of nitrogens with two attached hydrogens (primary N) is 1. The zero-order valence-electron chi connectivity index (χ0n) is 12.8. The minimum Gasteiger partial charge on any atom is -0.483 e. The van der Waals surface area contributed by atoms with Gasteiger partial charge in [0.2, 0.25) is 0 Å². The van der Waals surface area contributed by atoms with Gasteiger partial charge in [0.1, 0.15) is 5.52 Å². The van der Waals surface area contributed by atoms with E-state index in [9.17, 15) is 0 Å². The van der Waals surface area contributed by atoms with Gasteiger partial charge in [-0.2, -0.15) is 5.10 Å². The molecule has 0 aliphatic rings. The number of benzene rings is 1. The van der Waals surface area contributed by atoms with Gasteiger partial charge in [0, 0.05) is 23.5 Å². The first-order valence-corrected chi connectivity index (χ1v) is 7.21. The van der Waals surface area contributed by atoms with E-state index in [-0.39, 0.29) is 6.47 Å². The third-order valence-corrected chi connectivity index (χ3v) is 3.59. The molecular formula is C16H20N4O2. The average Bonchev–Trinajstić information content (AvgIpc) is 2.84. The maximum absolute atomic E-state index is 8.36. The second-order valence-corrected chi connectivity index (χ2v) is 5.02. The normalized spacial score (nSPS) is 10.5. The van der Waals surface area contributed by atoms with Gasteiger partial charge in [0.25, 0.3) is 6.47 Å². The van der Waals surface area contributed by atoms with Gasteiger partial charge in [-0.25, -0.2) is 4.98 Å². The molecule has 0 saturated heterocycles. The summed E-state index contributed by atoms with van der Waals surface area (Å²) < 4.78 is 1.95. The van der Waals surface area contributed by atoms with E-state index in [2.05, 4.69) is 23.1 Å². The highest BCUT2D eigenvalue weighted by molar-refractivity contribution is 6.09. The number of para-hydroxylation sites is 1. The average molecular weight is 300 g/mol. The third-order valence-electron chi connectivity index (χ3n) is 3.59. The molecule has 3 N–H and O–H groups in total. The molecule has 0 aliphatic heterocycles. The molecule has 0 aliphatic carbocycles. The lowest BCUT2D eigenvalue weighted by atomic mass is 10.1. The largest absolute Gasteiger partial charge is 0.483 e. The van der Waals surface area contributed by atoms with Crippen molar-refractivity contribution < 1.29 is 9.90 Å². The summed E-state index contributed by atoms with van der Waals surface area (Å²) in [4.78, 5) is 12.8. The first-order chi connectivity index (χ1) is 10.6. The van der Waals surface area contributed by atoms with Crippen LogP contribution in [0.4, 0.5) is 5.82 Å². The van der Waals surface area contributed by atoms with Crippen LogP contribution in [0.25, 0.3) is 21.8 Å². The van der Waals surface area contributed by atoms with Crippen LogP contribution in [0.5, 0.6) is 0 Å². The monoisotopic (exact) mass is 300 g/mol. The lowest BCUT2D eigenvalue weighted by Gasteiger charge is -2.04. The highest BCUT2D eigenvalue weighted by Crippen LogP contribution is 2.30. The van der Waals surface area contributed by atoms with Crippen LogP contribution >= 0.6 is 0 Å². The number of aromatic nitrogens is 3. The molecule has 2 aromatic heterocycles. The van der Waals surface area contributed by atoms with Crippen LogP contribution in [0.3, 0.4) is 0 Å². The number of carbonyl (C=O) groups is 1. The molecule has 0 saturated carbocycles. The van der Waals surface area contributed by atoms with E-state index in [0.29, 0.717) is 5.82 Å². The molecule has 116 valence electrons. The second-order valence-electron chi connectivity index (χ2n) is 5.02. The number of nitrogen functional groups attached to an aromatic ring is 1.